The molecule has 1 aromatic carbocycles. The number of halogens is 3. The van der Waals surface area contributed by atoms with Crippen LogP contribution in [0.15, 0.2) is 30.4 Å². The zero-order chi connectivity index (χ0) is 15.6. The standard InChI is InChI=1S/C14H12F3N3O/c15-14(16,17)10-2-4-12(9(5-10)7-18)20-13(21)8-1-3-11(19)6-8/h1-5,8,11H,6,19H2,(H,20,21). The first-order valence-electron chi connectivity index (χ1n) is 6.17. The molecule has 0 fully saturated rings. The molecule has 0 bridgehead atoms. The first-order chi connectivity index (χ1) is 9.81. The van der Waals surface area contributed by atoms with E-state index in [0.29, 0.717) is 12.5 Å². The van der Waals surface area contributed by atoms with E-state index in [-0.39, 0.29) is 17.3 Å². The van der Waals surface area contributed by atoms with Gasteiger partial charge in [-0.15, -0.1) is 0 Å². The monoisotopic (exact) mass is 295 g/mol. The molecule has 2 rings (SSSR count). The predicted molar refractivity (Wildman–Crippen MR) is 70.0 cm³/mol. The Hall–Kier alpha value is -2.33. The number of alkyl halides is 3. The van der Waals surface area contributed by atoms with Gasteiger partial charge in [-0.2, -0.15) is 18.4 Å². The van der Waals surface area contributed by atoms with E-state index in [4.69, 9.17) is 11.0 Å². The molecule has 0 saturated carbocycles. The van der Waals surface area contributed by atoms with E-state index >= 15 is 0 Å². The van der Waals surface area contributed by atoms with E-state index in [9.17, 15) is 18.0 Å². The Morgan fingerprint density at radius 3 is 2.62 bits per heavy atom. The molecule has 0 heterocycles. The van der Waals surface area contributed by atoms with Gasteiger partial charge in [0, 0.05) is 6.04 Å². The fourth-order valence-electron chi connectivity index (χ4n) is 2.07. The lowest BCUT2D eigenvalue weighted by Crippen LogP contribution is -2.24. The second-order valence-corrected chi connectivity index (χ2v) is 4.75. The van der Waals surface area contributed by atoms with Crippen molar-refractivity contribution in [1.82, 2.24) is 0 Å². The number of nitrogens with one attached hydrogen (secondary N) is 1. The lowest BCUT2D eigenvalue weighted by Gasteiger charge is -2.13. The number of hydrogen-bond donors (Lipinski definition) is 2. The Morgan fingerprint density at radius 1 is 1.38 bits per heavy atom. The minimum atomic E-state index is -4.53. The van der Waals surface area contributed by atoms with Gasteiger partial charge in [-0.25, -0.2) is 0 Å². The van der Waals surface area contributed by atoms with Crippen LogP contribution in [0.1, 0.15) is 17.5 Å². The number of carbonyl (C=O) groups is 1. The quantitative estimate of drug-likeness (QED) is 0.822. The summed E-state index contributed by atoms with van der Waals surface area (Å²) in [5.41, 5.74) is 4.53. The number of benzene rings is 1. The van der Waals surface area contributed by atoms with Gasteiger partial charge in [-0.1, -0.05) is 12.2 Å². The number of nitriles is 1. The molecule has 2 atom stereocenters. The second-order valence-electron chi connectivity index (χ2n) is 4.75. The van der Waals surface area contributed by atoms with Crippen LogP contribution in [0.25, 0.3) is 0 Å². The summed E-state index contributed by atoms with van der Waals surface area (Å²) in [6, 6.07) is 4.07. The Morgan fingerprint density at radius 2 is 2.10 bits per heavy atom. The SMILES string of the molecule is N#Cc1cc(C(F)(F)F)ccc1NC(=O)C1C=CC(N)C1. The van der Waals surface area contributed by atoms with Crippen LogP contribution in [0, 0.1) is 17.2 Å². The van der Waals surface area contributed by atoms with Crippen LogP contribution in [0.2, 0.25) is 0 Å². The van der Waals surface area contributed by atoms with Crippen molar-refractivity contribution in [2.45, 2.75) is 18.6 Å². The van der Waals surface area contributed by atoms with Gasteiger partial charge in [-0.3, -0.25) is 4.79 Å². The molecule has 2 unspecified atom stereocenters. The lowest BCUT2D eigenvalue weighted by atomic mass is 10.1. The smallest absolute Gasteiger partial charge is 0.324 e. The summed E-state index contributed by atoms with van der Waals surface area (Å²) < 4.78 is 37.7. The maximum atomic E-state index is 12.6. The Labute approximate surface area is 119 Å². The van der Waals surface area contributed by atoms with Crippen molar-refractivity contribution in [2.24, 2.45) is 11.7 Å². The Bertz CT molecular complexity index is 631. The molecule has 4 nitrogen and oxygen atoms in total. The van der Waals surface area contributed by atoms with Crippen LogP contribution in [0.4, 0.5) is 18.9 Å². The minimum Gasteiger partial charge on any atom is -0.324 e. The normalized spacial score (nSPS) is 21.1. The van der Waals surface area contributed by atoms with Gasteiger partial charge in [0.1, 0.15) is 6.07 Å². The van der Waals surface area contributed by atoms with Gasteiger partial charge in [0.25, 0.3) is 0 Å². The van der Waals surface area contributed by atoms with Crippen molar-refractivity contribution in [3.05, 3.63) is 41.5 Å². The fraction of sp³-hybridized carbons (Fsp3) is 0.286. The van der Waals surface area contributed by atoms with Gasteiger partial charge in [-0.05, 0) is 24.6 Å². The number of nitrogens with zero attached hydrogens (tertiary/aromatic N) is 1. The number of nitrogens with two attached hydrogens (primary N) is 1. The van der Waals surface area contributed by atoms with Crippen LogP contribution in [0.3, 0.4) is 0 Å². The molecule has 0 aliphatic heterocycles. The van der Waals surface area contributed by atoms with E-state index < -0.39 is 23.6 Å². The highest BCUT2D eigenvalue weighted by atomic mass is 19.4. The third-order valence-electron chi connectivity index (χ3n) is 3.18. The summed E-state index contributed by atoms with van der Waals surface area (Å²) >= 11 is 0. The number of rotatable bonds is 2. The molecule has 0 saturated heterocycles. The van der Waals surface area contributed by atoms with Crippen molar-refractivity contribution in [3.8, 4) is 6.07 Å². The van der Waals surface area contributed by atoms with Crippen LogP contribution < -0.4 is 11.1 Å². The zero-order valence-electron chi connectivity index (χ0n) is 10.8. The Balaban J connectivity index is 2.19. The maximum absolute atomic E-state index is 12.6. The van der Waals surface area contributed by atoms with E-state index in [2.05, 4.69) is 5.32 Å². The van der Waals surface area contributed by atoms with E-state index in [1.54, 1.807) is 18.2 Å². The molecular weight excluding hydrogens is 283 g/mol. The predicted octanol–water partition coefficient (Wildman–Crippen LogP) is 2.42. The topological polar surface area (TPSA) is 78.9 Å². The summed E-state index contributed by atoms with van der Waals surface area (Å²) in [6.45, 7) is 0. The van der Waals surface area contributed by atoms with Gasteiger partial charge in [0.15, 0.2) is 0 Å². The van der Waals surface area contributed by atoms with Gasteiger partial charge in [0.05, 0.1) is 22.7 Å². The molecule has 1 amide bonds. The molecule has 0 radical (unpaired) electrons. The fourth-order valence-corrected chi connectivity index (χ4v) is 2.07. The average Bonchev–Trinajstić information content (AvgIpc) is 2.84. The summed E-state index contributed by atoms with van der Waals surface area (Å²) in [5.74, 6) is -0.829. The van der Waals surface area contributed by atoms with Crippen LogP contribution >= 0.6 is 0 Å². The highest BCUT2D eigenvalue weighted by Gasteiger charge is 2.31. The molecule has 1 aromatic rings. The van der Waals surface area contributed by atoms with Crippen molar-refractivity contribution in [3.63, 3.8) is 0 Å². The molecule has 3 N–H and O–H groups in total. The van der Waals surface area contributed by atoms with Gasteiger partial charge < -0.3 is 11.1 Å². The summed E-state index contributed by atoms with van der Waals surface area (Å²) in [7, 11) is 0. The molecule has 110 valence electrons. The van der Waals surface area contributed by atoms with E-state index in [1.165, 1.54) is 0 Å². The number of hydrogen-bond acceptors (Lipinski definition) is 3. The number of carbonyl (C=O) groups excluding carboxylic acids is 1. The molecular formula is C14H12F3N3O. The largest absolute Gasteiger partial charge is 0.416 e. The minimum absolute atomic E-state index is 0.0596. The maximum Gasteiger partial charge on any atom is 0.416 e. The summed E-state index contributed by atoms with van der Waals surface area (Å²) in [4.78, 5) is 12.0. The van der Waals surface area contributed by atoms with Gasteiger partial charge >= 0.3 is 6.18 Å². The molecule has 0 spiro atoms. The van der Waals surface area contributed by atoms with Crippen LogP contribution in [-0.2, 0) is 11.0 Å². The molecule has 0 aromatic heterocycles. The lowest BCUT2D eigenvalue weighted by molar-refractivity contribution is -0.137. The number of anilines is 1. The van der Waals surface area contributed by atoms with Crippen molar-refractivity contribution >= 4 is 11.6 Å². The van der Waals surface area contributed by atoms with Crippen LogP contribution in [-0.4, -0.2) is 11.9 Å². The molecule has 1 aliphatic carbocycles. The van der Waals surface area contributed by atoms with Crippen molar-refractivity contribution in [1.29, 1.82) is 5.26 Å². The highest BCUT2D eigenvalue weighted by molar-refractivity contribution is 5.95. The third kappa shape index (κ3) is 3.41. The third-order valence-corrected chi connectivity index (χ3v) is 3.18. The first kappa shape index (κ1) is 15.1. The average molecular weight is 295 g/mol. The van der Waals surface area contributed by atoms with Crippen molar-refractivity contribution < 1.29 is 18.0 Å². The summed E-state index contributed by atoms with van der Waals surface area (Å²) in [5, 5.41) is 11.4. The molecule has 1 aliphatic rings. The highest BCUT2D eigenvalue weighted by Crippen LogP contribution is 2.32. The summed E-state index contributed by atoms with van der Waals surface area (Å²) in [6.07, 6.45) is -0.748. The first-order valence-corrected chi connectivity index (χ1v) is 6.17. The second kappa shape index (κ2) is 5.58. The van der Waals surface area contributed by atoms with E-state index in [1.807, 2.05) is 0 Å². The van der Waals surface area contributed by atoms with Crippen LogP contribution in [0.5, 0.6) is 0 Å². The van der Waals surface area contributed by atoms with Crippen molar-refractivity contribution in [2.75, 3.05) is 5.32 Å². The van der Waals surface area contributed by atoms with E-state index in [0.717, 1.165) is 12.1 Å². The number of amides is 1. The molecule has 7 heteroatoms. The molecule has 21 heavy (non-hydrogen) atoms. The Kier molecular flexibility index (Phi) is 4.00. The van der Waals surface area contributed by atoms with Gasteiger partial charge in [0.2, 0.25) is 5.91 Å². The zero-order valence-corrected chi connectivity index (χ0v) is 10.8.